The fourth-order valence-corrected chi connectivity index (χ4v) is 2.48. The number of hydrogen-bond acceptors (Lipinski definition) is 2. The van der Waals surface area contributed by atoms with Gasteiger partial charge in [0, 0.05) is 17.8 Å². The molecule has 1 aliphatic heterocycles. The molecule has 1 unspecified atom stereocenters. The van der Waals surface area contributed by atoms with Crippen LogP contribution in [0.15, 0.2) is 0 Å². The largest absolute Gasteiger partial charge is 0.377 e. The van der Waals surface area contributed by atoms with Crippen LogP contribution in [0.3, 0.4) is 0 Å². The number of ether oxygens (including phenoxy) is 1. The number of morpholine rings is 1. The maximum Gasteiger partial charge on any atom is 0.226 e. The van der Waals surface area contributed by atoms with Gasteiger partial charge in [-0.3, -0.25) is 4.79 Å². The molecule has 0 aromatic rings. The Kier molecular flexibility index (Phi) is 5.61. The molecular weight excluding hydrogens is 258 g/mol. The van der Waals surface area contributed by atoms with E-state index in [0.717, 1.165) is 24.7 Å². The normalized spacial score (nSPS) is 22.1. The van der Waals surface area contributed by atoms with Crippen LogP contribution in [-0.2, 0) is 9.53 Å². The van der Waals surface area contributed by atoms with Crippen molar-refractivity contribution in [2.45, 2.75) is 32.7 Å². The molecule has 1 rings (SSSR count). The number of halogens is 1. The zero-order valence-corrected chi connectivity index (χ0v) is 11.1. The average molecular weight is 278 g/mol. The van der Waals surface area contributed by atoms with Gasteiger partial charge in [0.1, 0.15) is 0 Å². The molecule has 0 radical (unpaired) electrons. The Bertz CT molecular complexity index is 207. The van der Waals surface area contributed by atoms with Crippen LogP contribution in [0.1, 0.15) is 26.7 Å². The molecule has 0 bridgehead atoms. The number of nitrogens with zero attached hydrogens (tertiary/aromatic N) is 1. The summed E-state index contributed by atoms with van der Waals surface area (Å²) in [5.74, 6) is 0.484. The first-order valence-electron chi connectivity index (χ1n) is 5.68. The summed E-state index contributed by atoms with van der Waals surface area (Å²) >= 11 is 3.44. The van der Waals surface area contributed by atoms with E-state index < -0.39 is 0 Å². The standard InChI is InChI=1S/C11H20BrNO2/c1-3-9(4-2)11(14)13-5-6-15-8-10(13)7-12/h9-10H,3-8H2,1-2H3. The van der Waals surface area contributed by atoms with Crippen LogP contribution >= 0.6 is 15.9 Å². The van der Waals surface area contributed by atoms with Crippen LogP contribution in [0.5, 0.6) is 0 Å². The van der Waals surface area contributed by atoms with Crippen molar-refractivity contribution < 1.29 is 9.53 Å². The van der Waals surface area contributed by atoms with Gasteiger partial charge in [-0.15, -0.1) is 0 Å². The van der Waals surface area contributed by atoms with E-state index in [2.05, 4.69) is 29.8 Å². The molecule has 0 spiro atoms. The summed E-state index contributed by atoms with van der Waals surface area (Å²) < 4.78 is 5.38. The van der Waals surface area contributed by atoms with Crippen LogP contribution in [0, 0.1) is 5.92 Å². The highest BCUT2D eigenvalue weighted by molar-refractivity contribution is 9.09. The Morgan fingerprint density at radius 2 is 2.20 bits per heavy atom. The summed E-state index contributed by atoms with van der Waals surface area (Å²) in [5, 5.41) is 0.804. The number of hydrogen-bond donors (Lipinski definition) is 0. The number of rotatable bonds is 4. The summed E-state index contributed by atoms with van der Waals surface area (Å²) in [6.07, 6.45) is 1.86. The van der Waals surface area contributed by atoms with Crippen molar-refractivity contribution in [3.63, 3.8) is 0 Å². The third kappa shape index (κ3) is 3.18. The van der Waals surface area contributed by atoms with Gasteiger partial charge in [-0.2, -0.15) is 0 Å². The van der Waals surface area contributed by atoms with Gasteiger partial charge in [0.25, 0.3) is 0 Å². The van der Waals surface area contributed by atoms with E-state index in [0.29, 0.717) is 19.1 Å². The summed E-state index contributed by atoms with van der Waals surface area (Å²) in [5.41, 5.74) is 0. The van der Waals surface area contributed by atoms with Crippen molar-refractivity contribution in [3.05, 3.63) is 0 Å². The van der Waals surface area contributed by atoms with Crippen molar-refractivity contribution >= 4 is 21.8 Å². The highest BCUT2D eigenvalue weighted by Gasteiger charge is 2.29. The van der Waals surface area contributed by atoms with E-state index in [4.69, 9.17) is 4.74 Å². The number of carbonyl (C=O) groups is 1. The van der Waals surface area contributed by atoms with E-state index in [1.165, 1.54) is 0 Å². The molecule has 3 nitrogen and oxygen atoms in total. The molecule has 1 aliphatic rings. The Hall–Kier alpha value is -0.0900. The first-order chi connectivity index (χ1) is 7.24. The van der Waals surface area contributed by atoms with Gasteiger partial charge >= 0.3 is 0 Å². The van der Waals surface area contributed by atoms with E-state index in [9.17, 15) is 4.79 Å². The minimum absolute atomic E-state index is 0.185. The molecule has 1 saturated heterocycles. The molecule has 0 aromatic heterocycles. The van der Waals surface area contributed by atoms with E-state index in [-0.39, 0.29) is 12.0 Å². The first kappa shape index (κ1) is 13.0. The Morgan fingerprint density at radius 3 is 2.73 bits per heavy atom. The van der Waals surface area contributed by atoms with E-state index in [1.807, 2.05) is 4.90 Å². The third-order valence-electron chi connectivity index (χ3n) is 3.02. The predicted molar refractivity (Wildman–Crippen MR) is 64.2 cm³/mol. The lowest BCUT2D eigenvalue weighted by atomic mass is 10.0. The molecule has 88 valence electrons. The third-order valence-corrected chi connectivity index (χ3v) is 3.77. The molecule has 4 heteroatoms. The fourth-order valence-electron chi connectivity index (χ4n) is 1.95. The first-order valence-corrected chi connectivity index (χ1v) is 6.80. The lowest BCUT2D eigenvalue weighted by Crippen LogP contribution is -2.51. The lowest BCUT2D eigenvalue weighted by molar-refractivity contribution is -0.143. The van der Waals surface area contributed by atoms with Crippen LogP contribution in [-0.4, -0.2) is 41.9 Å². The van der Waals surface area contributed by atoms with E-state index in [1.54, 1.807) is 0 Å². The zero-order valence-electron chi connectivity index (χ0n) is 9.54. The van der Waals surface area contributed by atoms with Crippen LogP contribution in [0.2, 0.25) is 0 Å². The molecule has 0 saturated carbocycles. The van der Waals surface area contributed by atoms with Gasteiger partial charge in [0.05, 0.1) is 19.3 Å². The topological polar surface area (TPSA) is 29.5 Å². The minimum Gasteiger partial charge on any atom is -0.377 e. The van der Waals surface area contributed by atoms with Gasteiger partial charge in [-0.25, -0.2) is 0 Å². The van der Waals surface area contributed by atoms with Crippen molar-refractivity contribution in [1.29, 1.82) is 0 Å². The van der Waals surface area contributed by atoms with Gasteiger partial charge in [-0.05, 0) is 12.8 Å². The SMILES string of the molecule is CCC(CC)C(=O)N1CCOCC1CBr. The Labute approximate surface area is 100 Å². The monoisotopic (exact) mass is 277 g/mol. The Morgan fingerprint density at radius 1 is 1.53 bits per heavy atom. The molecule has 1 heterocycles. The van der Waals surface area contributed by atoms with Crippen LogP contribution < -0.4 is 0 Å². The molecule has 1 amide bonds. The van der Waals surface area contributed by atoms with Crippen molar-refractivity contribution in [1.82, 2.24) is 4.90 Å². The molecule has 0 N–H and O–H groups in total. The summed E-state index contributed by atoms with van der Waals surface area (Å²) in [7, 11) is 0. The van der Waals surface area contributed by atoms with Crippen molar-refractivity contribution in [3.8, 4) is 0 Å². The highest BCUT2D eigenvalue weighted by Crippen LogP contribution is 2.17. The van der Waals surface area contributed by atoms with Crippen molar-refractivity contribution in [2.75, 3.05) is 25.1 Å². The van der Waals surface area contributed by atoms with Crippen molar-refractivity contribution in [2.24, 2.45) is 5.92 Å². The van der Waals surface area contributed by atoms with Gasteiger partial charge < -0.3 is 9.64 Å². The lowest BCUT2D eigenvalue weighted by Gasteiger charge is -2.36. The maximum atomic E-state index is 12.2. The van der Waals surface area contributed by atoms with Gasteiger partial charge in [0.2, 0.25) is 5.91 Å². The summed E-state index contributed by atoms with van der Waals surface area (Å²) in [6, 6.07) is 0.215. The number of carbonyl (C=O) groups excluding carboxylic acids is 1. The van der Waals surface area contributed by atoms with E-state index >= 15 is 0 Å². The second-order valence-corrected chi connectivity index (χ2v) is 4.58. The van der Waals surface area contributed by atoms with Gasteiger partial charge in [0.15, 0.2) is 0 Å². The van der Waals surface area contributed by atoms with Crippen LogP contribution in [0.4, 0.5) is 0 Å². The molecule has 1 atom stereocenters. The molecule has 0 aliphatic carbocycles. The summed E-state index contributed by atoms with van der Waals surface area (Å²) in [4.78, 5) is 14.2. The number of alkyl halides is 1. The molecule has 1 fully saturated rings. The Balaban J connectivity index is 2.62. The number of amides is 1. The predicted octanol–water partition coefficient (Wildman–Crippen LogP) is 2.04. The second kappa shape index (κ2) is 6.48. The maximum absolute atomic E-state index is 12.2. The smallest absolute Gasteiger partial charge is 0.226 e. The minimum atomic E-state index is 0.185. The molecule has 0 aromatic carbocycles. The van der Waals surface area contributed by atoms with Gasteiger partial charge in [-0.1, -0.05) is 29.8 Å². The average Bonchev–Trinajstić information content (AvgIpc) is 2.30. The second-order valence-electron chi connectivity index (χ2n) is 3.93. The summed E-state index contributed by atoms with van der Waals surface area (Å²) in [6.45, 7) is 6.24. The van der Waals surface area contributed by atoms with Crippen LogP contribution in [0.25, 0.3) is 0 Å². The molecule has 15 heavy (non-hydrogen) atoms. The fraction of sp³-hybridized carbons (Fsp3) is 0.909. The molecular formula is C11H20BrNO2. The highest BCUT2D eigenvalue weighted by atomic mass is 79.9. The zero-order chi connectivity index (χ0) is 11.3. The quantitative estimate of drug-likeness (QED) is 0.737.